The predicted octanol–water partition coefficient (Wildman–Crippen LogP) is 1.64. The van der Waals surface area contributed by atoms with E-state index in [0.717, 1.165) is 19.3 Å². The molecule has 0 aromatic carbocycles. The van der Waals surface area contributed by atoms with Crippen molar-refractivity contribution >= 4 is 18.0 Å². The molecular formula is C17H28N2O10. The average molecular weight is 420 g/mol. The summed E-state index contributed by atoms with van der Waals surface area (Å²) < 4.78 is 14.8. The number of aliphatic carboxylic acids is 1. The first-order valence-corrected chi connectivity index (χ1v) is 9.43. The lowest BCUT2D eigenvalue weighted by Gasteiger charge is -2.36. The summed E-state index contributed by atoms with van der Waals surface area (Å²) in [7, 11) is 0. The third-order valence-electron chi connectivity index (χ3n) is 4.47. The minimum atomic E-state index is -1.16. The molecule has 2 N–H and O–H groups in total. The van der Waals surface area contributed by atoms with Gasteiger partial charge in [0.25, 0.3) is 5.09 Å². The highest BCUT2D eigenvalue weighted by molar-refractivity contribution is 5.71. The van der Waals surface area contributed by atoms with E-state index in [9.17, 15) is 24.5 Å². The summed E-state index contributed by atoms with van der Waals surface area (Å²) in [5, 5.41) is 20.7. The zero-order valence-electron chi connectivity index (χ0n) is 16.4. The lowest BCUT2D eigenvalue weighted by Crippen LogP contribution is -2.41. The maximum atomic E-state index is 11.9. The molecule has 0 aromatic heterocycles. The van der Waals surface area contributed by atoms with E-state index in [1.165, 1.54) is 6.92 Å². The molecular weight excluding hydrogens is 392 g/mol. The van der Waals surface area contributed by atoms with Gasteiger partial charge >= 0.3 is 18.0 Å². The molecule has 0 saturated heterocycles. The monoisotopic (exact) mass is 420 g/mol. The van der Waals surface area contributed by atoms with Gasteiger partial charge in [-0.2, -0.15) is 0 Å². The Labute approximate surface area is 167 Å². The van der Waals surface area contributed by atoms with Gasteiger partial charge in [-0.15, -0.1) is 10.1 Å². The van der Waals surface area contributed by atoms with Crippen LogP contribution < -0.4 is 5.32 Å². The summed E-state index contributed by atoms with van der Waals surface area (Å²) in [6.07, 6.45) is 2.53. The third-order valence-corrected chi connectivity index (χ3v) is 4.47. The Kier molecular flexibility index (Phi) is 10.7. The van der Waals surface area contributed by atoms with E-state index in [1.54, 1.807) is 0 Å². The van der Waals surface area contributed by atoms with Crippen LogP contribution in [0.15, 0.2) is 0 Å². The number of alkyl carbamates (subject to hydrolysis) is 1. The van der Waals surface area contributed by atoms with E-state index in [2.05, 4.69) is 10.2 Å². The third kappa shape index (κ3) is 11.1. The van der Waals surface area contributed by atoms with E-state index in [1.807, 2.05) is 0 Å². The molecule has 12 heteroatoms. The van der Waals surface area contributed by atoms with Crippen molar-refractivity contribution in [2.24, 2.45) is 5.41 Å². The molecule has 12 nitrogen and oxygen atoms in total. The minimum Gasteiger partial charge on any atom is -0.481 e. The van der Waals surface area contributed by atoms with Crippen molar-refractivity contribution in [3.05, 3.63) is 10.1 Å². The van der Waals surface area contributed by atoms with Crippen LogP contribution in [0.3, 0.4) is 0 Å². The molecule has 1 aliphatic carbocycles. The zero-order valence-corrected chi connectivity index (χ0v) is 16.4. The van der Waals surface area contributed by atoms with Crippen molar-refractivity contribution in [1.82, 2.24) is 5.32 Å². The molecule has 0 spiro atoms. The Morgan fingerprint density at radius 2 is 1.86 bits per heavy atom. The Balaban J connectivity index is 2.24. The number of amides is 1. The second-order valence-corrected chi connectivity index (χ2v) is 6.91. The van der Waals surface area contributed by atoms with Gasteiger partial charge in [0.1, 0.15) is 6.61 Å². The van der Waals surface area contributed by atoms with Crippen LogP contribution in [-0.4, -0.2) is 60.9 Å². The molecule has 166 valence electrons. The molecule has 1 aliphatic rings. The SMILES string of the molecule is CC(OC(=O)COCCCO[N+](=O)[O-])OC(=O)NCC1(CC(=O)O)CCCCC1. The minimum absolute atomic E-state index is 0.0259. The Morgan fingerprint density at radius 1 is 1.17 bits per heavy atom. The van der Waals surface area contributed by atoms with Crippen LogP contribution in [0.25, 0.3) is 0 Å². The van der Waals surface area contributed by atoms with Gasteiger partial charge in [0.05, 0.1) is 13.0 Å². The summed E-state index contributed by atoms with van der Waals surface area (Å²) in [5.74, 6) is -1.68. The quantitative estimate of drug-likeness (QED) is 0.147. The first-order valence-electron chi connectivity index (χ1n) is 9.43. The van der Waals surface area contributed by atoms with Crippen LogP contribution in [0.1, 0.15) is 51.9 Å². The maximum Gasteiger partial charge on any atom is 0.410 e. The number of carbonyl (C=O) groups is 3. The number of carbonyl (C=O) groups excluding carboxylic acids is 2. The fourth-order valence-corrected chi connectivity index (χ4v) is 3.19. The molecule has 0 heterocycles. The summed E-state index contributed by atoms with van der Waals surface area (Å²) in [5.41, 5.74) is -0.490. The summed E-state index contributed by atoms with van der Waals surface area (Å²) in [6, 6.07) is 0. The van der Waals surface area contributed by atoms with Crippen molar-refractivity contribution in [2.75, 3.05) is 26.4 Å². The molecule has 1 rings (SSSR count). The van der Waals surface area contributed by atoms with Crippen molar-refractivity contribution in [3.8, 4) is 0 Å². The number of rotatable bonds is 13. The standard InChI is InChI=1S/C17H28N2O10/c1-13(28-15(22)11-26-8-5-9-27-19(24)25)29-16(23)18-12-17(10-14(20)21)6-3-2-4-7-17/h13H,2-12H2,1H3,(H,18,23)(H,20,21). The van der Waals surface area contributed by atoms with Gasteiger partial charge in [-0.3, -0.25) is 4.79 Å². The molecule has 0 bridgehead atoms. The maximum absolute atomic E-state index is 11.9. The highest BCUT2D eigenvalue weighted by Gasteiger charge is 2.35. The Bertz CT molecular complexity index is 562. The van der Waals surface area contributed by atoms with Gasteiger partial charge in [0.15, 0.2) is 0 Å². The van der Waals surface area contributed by atoms with Crippen LogP contribution in [0, 0.1) is 15.5 Å². The van der Waals surface area contributed by atoms with Crippen LogP contribution in [0.4, 0.5) is 4.79 Å². The average Bonchev–Trinajstić information content (AvgIpc) is 2.63. The number of carboxylic acids is 1. The van der Waals surface area contributed by atoms with Crippen LogP contribution in [-0.2, 0) is 28.6 Å². The van der Waals surface area contributed by atoms with Gasteiger partial charge in [-0.1, -0.05) is 19.3 Å². The van der Waals surface area contributed by atoms with E-state index in [-0.39, 0.29) is 32.6 Å². The fourth-order valence-electron chi connectivity index (χ4n) is 3.19. The Morgan fingerprint density at radius 3 is 2.48 bits per heavy atom. The largest absolute Gasteiger partial charge is 0.481 e. The summed E-state index contributed by atoms with van der Waals surface area (Å²) >= 11 is 0. The van der Waals surface area contributed by atoms with Crippen molar-refractivity contribution in [1.29, 1.82) is 0 Å². The molecule has 0 aliphatic heterocycles. The Hall–Kier alpha value is -2.63. The van der Waals surface area contributed by atoms with E-state index in [0.29, 0.717) is 12.8 Å². The molecule has 0 aromatic rings. The predicted molar refractivity (Wildman–Crippen MR) is 96.2 cm³/mol. The van der Waals surface area contributed by atoms with E-state index in [4.69, 9.17) is 19.3 Å². The van der Waals surface area contributed by atoms with Crippen LogP contribution >= 0.6 is 0 Å². The van der Waals surface area contributed by atoms with Gasteiger partial charge in [0, 0.05) is 20.1 Å². The van der Waals surface area contributed by atoms with Crippen molar-refractivity contribution in [2.45, 2.75) is 58.2 Å². The van der Waals surface area contributed by atoms with E-state index < -0.39 is 41.4 Å². The molecule has 1 amide bonds. The fraction of sp³-hybridized carbons (Fsp3) is 0.824. The van der Waals surface area contributed by atoms with Gasteiger partial charge in [-0.25, -0.2) is 9.59 Å². The van der Waals surface area contributed by atoms with Gasteiger partial charge < -0.3 is 29.5 Å². The molecule has 1 fully saturated rings. The van der Waals surface area contributed by atoms with Gasteiger partial charge in [-0.05, 0) is 24.7 Å². The first kappa shape index (κ1) is 24.4. The van der Waals surface area contributed by atoms with Crippen molar-refractivity contribution in [3.63, 3.8) is 0 Å². The number of carboxylic acid groups (broad SMARTS) is 1. The lowest BCUT2D eigenvalue weighted by molar-refractivity contribution is -0.757. The smallest absolute Gasteiger partial charge is 0.410 e. The highest BCUT2D eigenvalue weighted by atomic mass is 16.9. The second kappa shape index (κ2) is 12.8. The topological polar surface area (TPSA) is 164 Å². The molecule has 1 atom stereocenters. The first-order chi connectivity index (χ1) is 13.7. The summed E-state index contributed by atoms with van der Waals surface area (Å²) in [4.78, 5) is 48.7. The number of nitrogens with one attached hydrogen (secondary N) is 1. The van der Waals surface area contributed by atoms with E-state index >= 15 is 0 Å². The normalized spacial score (nSPS) is 16.3. The molecule has 0 radical (unpaired) electrons. The number of ether oxygens (including phenoxy) is 3. The second-order valence-electron chi connectivity index (χ2n) is 6.91. The van der Waals surface area contributed by atoms with Crippen LogP contribution in [0.2, 0.25) is 0 Å². The number of hydrogen-bond acceptors (Lipinski definition) is 9. The molecule has 29 heavy (non-hydrogen) atoms. The highest BCUT2D eigenvalue weighted by Crippen LogP contribution is 2.38. The summed E-state index contributed by atoms with van der Waals surface area (Å²) in [6.45, 7) is 1.04. The number of esters is 1. The molecule has 1 saturated carbocycles. The zero-order chi connectivity index (χ0) is 21.7. The number of nitrogens with zero attached hydrogens (tertiary/aromatic N) is 1. The van der Waals surface area contributed by atoms with Crippen molar-refractivity contribution < 1.29 is 43.6 Å². The lowest BCUT2D eigenvalue weighted by atomic mass is 9.72. The molecule has 1 unspecified atom stereocenters. The van der Waals surface area contributed by atoms with Crippen LogP contribution in [0.5, 0.6) is 0 Å². The van der Waals surface area contributed by atoms with Gasteiger partial charge in [0.2, 0.25) is 6.29 Å². The number of hydrogen-bond donors (Lipinski definition) is 2.